The zero-order valence-corrected chi connectivity index (χ0v) is 9.88. The Morgan fingerprint density at radius 2 is 2.44 bits per heavy atom. The van der Waals surface area contributed by atoms with Crippen molar-refractivity contribution in [3.05, 3.63) is 23.1 Å². The molecular weight excluding hydrogens is 231 g/mol. The maximum absolute atomic E-state index is 13.6. The van der Waals surface area contributed by atoms with Crippen molar-refractivity contribution < 1.29 is 9.13 Å². The highest BCUT2D eigenvalue weighted by atomic mass is 35.5. The summed E-state index contributed by atoms with van der Waals surface area (Å²) in [6, 6.07) is 1.29. The normalized spacial score (nSPS) is 21.2. The molecule has 1 unspecified atom stereocenters. The molecule has 1 aliphatic heterocycles. The summed E-state index contributed by atoms with van der Waals surface area (Å²) in [6.45, 7) is 1.49. The summed E-state index contributed by atoms with van der Waals surface area (Å²) < 4.78 is 18.9. The van der Waals surface area contributed by atoms with Crippen LogP contribution in [0.15, 0.2) is 12.3 Å². The second-order valence-corrected chi connectivity index (χ2v) is 4.34. The number of hydrogen-bond acceptors (Lipinski definition) is 3. The Hall–Kier alpha value is -0.870. The first-order chi connectivity index (χ1) is 7.70. The first-order valence-electron chi connectivity index (χ1n) is 5.29. The van der Waals surface area contributed by atoms with Gasteiger partial charge in [0, 0.05) is 26.4 Å². The number of ether oxygens (including phenoxy) is 1. The molecule has 0 aromatic carbocycles. The minimum atomic E-state index is -0.371. The van der Waals surface area contributed by atoms with Crippen LogP contribution < -0.4 is 4.90 Å². The van der Waals surface area contributed by atoms with Gasteiger partial charge in [-0.25, -0.2) is 9.37 Å². The Labute approximate surface area is 99.2 Å². The van der Waals surface area contributed by atoms with Crippen LogP contribution in [0.5, 0.6) is 0 Å². The molecular formula is C11H14ClFN2O. The minimum Gasteiger partial charge on any atom is -0.380 e. The van der Waals surface area contributed by atoms with Crippen LogP contribution in [0.1, 0.15) is 12.8 Å². The average molecular weight is 245 g/mol. The van der Waals surface area contributed by atoms with Gasteiger partial charge in [-0.1, -0.05) is 11.6 Å². The van der Waals surface area contributed by atoms with Gasteiger partial charge >= 0.3 is 0 Å². The van der Waals surface area contributed by atoms with E-state index in [1.54, 1.807) is 7.11 Å². The summed E-state index contributed by atoms with van der Waals surface area (Å²) in [5, 5.41) is 0.321. The SMILES string of the molecule is COC1CCCN(c2ncc(Cl)cc2F)C1. The maximum Gasteiger partial charge on any atom is 0.167 e. The largest absolute Gasteiger partial charge is 0.380 e. The average Bonchev–Trinajstić information content (AvgIpc) is 2.29. The maximum atomic E-state index is 13.6. The van der Waals surface area contributed by atoms with Crippen molar-refractivity contribution in [1.82, 2.24) is 4.98 Å². The predicted octanol–water partition coefficient (Wildman–Crippen LogP) is 2.49. The molecule has 16 heavy (non-hydrogen) atoms. The van der Waals surface area contributed by atoms with Crippen molar-refractivity contribution in [1.29, 1.82) is 0 Å². The van der Waals surface area contributed by atoms with Crippen LogP contribution in [0, 0.1) is 5.82 Å². The summed E-state index contributed by atoms with van der Waals surface area (Å²) in [5.41, 5.74) is 0. The second kappa shape index (κ2) is 4.97. The van der Waals surface area contributed by atoms with Crippen LogP contribution in [0.2, 0.25) is 5.02 Å². The molecule has 0 bridgehead atoms. The van der Waals surface area contributed by atoms with Gasteiger partial charge in [0.2, 0.25) is 0 Å². The Morgan fingerprint density at radius 1 is 1.62 bits per heavy atom. The summed E-state index contributed by atoms with van der Waals surface area (Å²) in [7, 11) is 1.68. The molecule has 2 rings (SSSR count). The van der Waals surface area contributed by atoms with Crippen molar-refractivity contribution in [2.24, 2.45) is 0 Å². The van der Waals surface area contributed by atoms with Crippen LogP contribution in [0.25, 0.3) is 0 Å². The highest BCUT2D eigenvalue weighted by Gasteiger charge is 2.22. The van der Waals surface area contributed by atoms with Gasteiger partial charge in [-0.3, -0.25) is 0 Å². The Kier molecular flexibility index (Phi) is 3.61. The standard InChI is InChI=1S/C11H14ClFN2O/c1-16-9-3-2-4-15(7-9)11-10(13)5-8(12)6-14-11/h5-6,9H,2-4,7H2,1H3. The molecule has 1 aliphatic rings. The van der Waals surface area contributed by atoms with Crippen molar-refractivity contribution in [3.63, 3.8) is 0 Å². The van der Waals surface area contributed by atoms with E-state index in [1.807, 2.05) is 4.90 Å². The Balaban J connectivity index is 2.16. The quantitative estimate of drug-likeness (QED) is 0.799. The second-order valence-electron chi connectivity index (χ2n) is 3.90. The number of anilines is 1. The molecule has 88 valence electrons. The van der Waals surface area contributed by atoms with Gasteiger partial charge in [0.25, 0.3) is 0 Å². The molecule has 0 N–H and O–H groups in total. The van der Waals surface area contributed by atoms with Gasteiger partial charge in [0.1, 0.15) is 0 Å². The lowest BCUT2D eigenvalue weighted by Crippen LogP contribution is -2.40. The molecule has 1 aromatic heterocycles. The van der Waals surface area contributed by atoms with E-state index in [1.165, 1.54) is 12.3 Å². The Bertz CT molecular complexity index is 375. The van der Waals surface area contributed by atoms with Crippen LogP contribution in [-0.2, 0) is 4.74 Å². The van der Waals surface area contributed by atoms with Crippen LogP contribution in [-0.4, -0.2) is 31.3 Å². The Morgan fingerprint density at radius 3 is 3.12 bits per heavy atom. The number of piperidine rings is 1. The number of methoxy groups -OCH3 is 1. The van der Waals surface area contributed by atoms with Crippen molar-refractivity contribution >= 4 is 17.4 Å². The van der Waals surface area contributed by atoms with Gasteiger partial charge < -0.3 is 9.64 Å². The summed E-state index contributed by atoms with van der Waals surface area (Å²) in [6.07, 6.45) is 3.63. The van der Waals surface area contributed by atoms with Gasteiger partial charge in [-0.2, -0.15) is 0 Å². The highest BCUT2D eigenvalue weighted by molar-refractivity contribution is 6.30. The van der Waals surface area contributed by atoms with Crippen molar-refractivity contribution in [2.45, 2.75) is 18.9 Å². The third-order valence-electron chi connectivity index (χ3n) is 2.80. The van der Waals surface area contributed by atoms with Crippen molar-refractivity contribution in [2.75, 3.05) is 25.1 Å². The van der Waals surface area contributed by atoms with Crippen LogP contribution in [0.4, 0.5) is 10.2 Å². The van der Waals surface area contributed by atoms with E-state index in [2.05, 4.69) is 4.98 Å². The van der Waals surface area contributed by atoms with Crippen LogP contribution >= 0.6 is 11.6 Å². The van der Waals surface area contributed by atoms with Gasteiger partial charge in [0.15, 0.2) is 11.6 Å². The molecule has 5 heteroatoms. The topological polar surface area (TPSA) is 25.4 Å². The van der Waals surface area contributed by atoms with Gasteiger partial charge in [-0.15, -0.1) is 0 Å². The number of rotatable bonds is 2. The molecule has 1 fully saturated rings. The fourth-order valence-corrected chi connectivity index (χ4v) is 2.11. The first-order valence-corrected chi connectivity index (χ1v) is 5.67. The molecule has 1 saturated heterocycles. The molecule has 1 atom stereocenters. The third-order valence-corrected chi connectivity index (χ3v) is 3.01. The molecule has 0 amide bonds. The summed E-state index contributed by atoms with van der Waals surface area (Å²) in [4.78, 5) is 5.94. The van der Waals surface area contributed by atoms with E-state index in [0.717, 1.165) is 19.4 Å². The van der Waals surface area contributed by atoms with E-state index >= 15 is 0 Å². The number of nitrogens with zero attached hydrogens (tertiary/aromatic N) is 2. The smallest absolute Gasteiger partial charge is 0.167 e. The lowest BCUT2D eigenvalue weighted by Gasteiger charge is -2.32. The van der Waals surface area contributed by atoms with Gasteiger partial charge in [-0.05, 0) is 18.9 Å². The highest BCUT2D eigenvalue weighted by Crippen LogP contribution is 2.23. The lowest BCUT2D eigenvalue weighted by molar-refractivity contribution is 0.0889. The van der Waals surface area contributed by atoms with E-state index in [9.17, 15) is 4.39 Å². The van der Waals surface area contributed by atoms with E-state index in [-0.39, 0.29) is 11.9 Å². The number of aromatic nitrogens is 1. The summed E-state index contributed by atoms with van der Waals surface area (Å²) >= 11 is 5.67. The predicted molar refractivity (Wildman–Crippen MR) is 61.4 cm³/mol. The van der Waals surface area contributed by atoms with E-state index in [0.29, 0.717) is 17.4 Å². The van der Waals surface area contributed by atoms with Gasteiger partial charge in [0.05, 0.1) is 11.1 Å². The number of pyridine rings is 1. The number of halogens is 2. The third kappa shape index (κ3) is 2.44. The molecule has 1 aromatic rings. The molecule has 0 spiro atoms. The monoisotopic (exact) mass is 244 g/mol. The molecule has 0 radical (unpaired) electrons. The first kappa shape index (κ1) is 11.6. The zero-order valence-electron chi connectivity index (χ0n) is 9.12. The fraction of sp³-hybridized carbons (Fsp3) is 0.545. The van der Waals surface area contributed by atoms with E-state index in [4.69, 9.17) is 16.3 Å². The molecule has 0 aliphatic carbocycles. The zero-order chi connectivity index (χ0) is 11.5. The fourth-order valence-electron chi connectivity index (χ4n) is 1.96. The molecule has 3 nitrogen and oxygen atoms in total. The van der Waals surface area contributed by atoms with E-state index < -0.39 is 0 Å². The lowest BCUT2D eigenvalue weighted by atomic mass is 10.1. The van der Waals surface area contributed by atoms with Crippen LogP contribution in [0.3, 0.4) is 0 Å². The summed E-state index contributed by atoms with van der Waals surface area (Å²) in [5.74, 6) is -0.00426. The molecule has 0 saturated carbocycles. The minimum absolute atomic E-state index is 0.158. The number of hydrogen-bond donors (Lipinski definition) is 0. The molecule has 2 heterocycles. The van der Waals surface area contributed by atoms with Crippen molar-refractivity contribution in [3.8, 4) is 0 Å².